The van der Waals surface area contributed by atoms with Crippen molar-refractivity contribution < 1.29 is 0 Å². The molecule has 1 aliphatic heterocycles. The summed E-state index contributed by atoms with van der Waals surface area (Å²) < 4.78 is 0. The predicted octanol–water partition coefficient (Wildman–Crippen LogP) is 3.62. The van der Waals surface area contributed by atoms with E-state index in [1.54, 1.807) is 0 Å². The minimum Gasteiger partial charge on any atom is -0.309 e. The summed E-state index contributed by atoms with van der Waals surface area (Å²) in [6.45, 7) is 7.66. The Morgan fingerprint density at radius 2 is 1.89 bits per heavy atom. The summed E-state index contributed by atoms with van der Waals surface area (Å²) in [6.07, 6.45) is 11.7. The van der Waals surface area contributed by atoms with Crippen molar-refractivity contribution in [3.63, 3.8) is 0 Å². The van der Waals surface area contributed by atoms with Gasteiger partial charge in [0.25, 0.3) is 0 Å². The number of hydrogen-bond acceptors (Lipinski definition) is 2. The second-order valence-electron chi connectivity index (χ2n) is 7.42. The zero-order chi connectivity index (χ0) is 13.7. The van der Waals surface area contributed by atoms with Crippen molar-refractivity contribution >= 4 is 0 Å². The van der Waals surface area contributed by atoms with Crippen LogP contribution in [0.3, 0.4) is 0 Å². The van der Waals surface area contributed by atoms with Gasteiger partial charge in [0.2, 0.25) is 0 Å². The van der Waals surface area contributed by atoms with Crippen LogP contribution >= 0.6 is 0 Å². The number of nitrogens with zero attached hydrogens (tertiary/aromatic N) is 2. The lowest BCUT2D eigenvalue weighted by Gasteiger charge is -2.37. The Kier molecular flexibility index (Phi) is 5.70. The summed E-state index contributed by atoms with van der Waals surface area (Å²) in [6, 6.07) is 0. The van der Waals surface area contributed by atoms with E-state index in [2.05, 4.69) is 30.8 Å². The molecule has 2 heteroatoms. The second-order valence-corrected chi connectivity index (χ2v) is 7.42. The maximum absolute atomic E-state index is 2.74. The molecule has 0 N–H and O–H groups in total. The van der Waals surface area contributed by atoms with Crippen LogP contribution in [0.4, 0.5) is 0 Å². The van der Waals surface area contributed by atoms with E-state index in [1.165, 1.54) is 77.5 Å². The van der Waals surface area contributed by atoms with Gasteiger partial charge in [-0.3, -0.25) is 0 Å². The van der Waals surface area contributed by atoms with E-state index in [4.69, 9.17) is 0 Å². The van der Waals surface area contributed by atoms with Crippen LogP contribution in [0.15, 0.2) is 0 Å². The van der Waals surface area contributed by atoms with Crippen molar-refractivity contribution in [3.05, 3.63) is 0 Å². The lowest BCUT2D eigenvalue weighted by atomic mass is 9.69. The van der Waals surface area contributed by atoms with Gasteiger partial charge in [-0.05, 0) is 83.6 Å². The van der Waals surface area contributed by atoms with Gasteiger partial charge < -0.3 is 9.80 Å². The van der Waals surface area contributed by atoms with Crippen LogP contribution in [-0.4, -0.2) is 50.1 Å². The highest BCUT2D eigenvalue weighted by molar-refractivity contribution is 4.93. The number of hydrogen-bond donors (Lipinski definition) is 0. The lowest BCUT2D eigenvalue weighted by Crippen LogP contribution is -2.32. The van der Waals surface area contributed by atoms with E-state index in [9.17, 15) is 0 Å². The lowest BCUT2D eigenvalue weighted by molar-refractivity contribution is 0.145. The van der Waals surface area contributed by atoms with Gasteiger partial charge in [-0.2, -0.15) is 0 Å². The third-order valence-electron chi connectivity index (χ3n) is 5.46. The highest BCUT2D eigenvalue weighted by Gasteiger charge is 2.40. The minimum atomic E-state index is 0.725. The molecular formula is C17H34N2. The Bertz CT molecular complexity index is 254. The Morgan fingerprint density at radius 1 is 1.16 bits per heavy atom. The molecule has 0 aromatic rings. The van der Waals surface area contributed by atoms with Crippen LogP contribution in [0.2, 0.25) is 0 Å². The van der Waals surface area contributed by atoms with Crippen LogP contribution in [0.1, 0.15) is 58.3 Å². The van der Waals surface area contributed by atoms with E-state index in [0.29, 0.717) is 0 Å². The molecule has 0 aromatic heterocycles. The largest absolute Gasteiger partial charge is 0.309 e. The summed E-state index contributed by atoms with van der Waals surface area (Å²) >= 11 is 0. The van der Waals surface area contributed by atoms with Crippen molar-refractivity contribution in [3.8, 4) is 0 Å². The standard InChI is InChI=1S/C17H34N2/c1-4-6-16-7-9-17(10-8-16)11-14-19(15-17)13-5-12-18(2)3/h16H,4-15H2,1-3H3. The van der Waals surface area contributed by atoms with Gasteiger partial charge in [-0.25, -0.2) is 0 Å². The first-order chi connectivity index (χ1) is 9.13. The van der Waals surface area contributed by atoms with Gasteiger partial charge in [-0.15, -0.1) is 0 Å². The second kappa shape index (κ2) is 7.08. The fourth-order valence-corrected chi connectivity index (χ4v) is 4.22. The molecule has 1 spiro atoms. The van der Waals surface area contributed by atoms with Gasteiger partial charge in [0.1, 0.15) is 0 Å². The molecule has 112 valence electrons. The molecular weight excluding hydrogens is 232 g/mol. The van der Waals surface area contributed by atoms with Gasteiger partial charge in [0, 0.05) is 6.54 Å². The van der Waals surface area contributed by atoms with Crippen molar-refractivity contribution in [2.45, 2.75) is 58.3 Å². The Balaban J connectivity index is 1.69. The molecule has 1 saturated heterocycles. The summed E-state index contributed by atoms with van der Waals surface area (Å²) in [7, 11) is 4.36. The van der Waals surface area contributed by atoms with E-state index in [-0.39, 0.29) is 0 Å². The first kappa shape index (κ1) is 15.3. The normalized spacial score (nSPS) is 32.5. The van der Waals surface area contributed by atoms with Gasteiger partial charge >= 0.3 is 0 Å². The molecule has 2 fully saturated rings. The zero-order valence-electron chi connectivity index (χ0n) is 13.5. The average molecular weight is 266 g/mol. The van der Waals surface area contributed by atoms with E-state index in [0.717, 1.165) is 11.3 Å². The Hall–Kier alpha value is -0.0800. The van der Waals surface area contributed by atoms with Crippen LogP contribution in [0, 0.1) is 11.3 Å². The summed E-state index contributed by atoms with van der Waals surface area (Å²) in [5.41, 5.74) is 0.725. The molecule has 2 aliphatic rings. The van der Waals surface area contributed by atoms with Gasteiger partial charge in [0.15, 0.2) is 0 Å². The average Bonchev–Trinajstić information content (AvgIpc) is 2.76. The molecule has 1 saturated carbocycles. The Labute approximate surface area is 120 Å². The fraction of sp³-hybridized carbons (Fsp3) is 1.00. The van der Waals surface area contributed by atoms with Crippen LogP contribution in [0.5, 0.6) is 0 Å². The molecule has 1 heterocycles. The molecule has 19 heavy (non-hydrogen) atoms. The monoisotopic (exact) mass is 266 g/mol. The van der Waals surface area contributed by atoms with Crippen molar-refractivity contribution in [1.82, 2.24) is 9.80 Å². The number of rotatable bonds is 6. The molecule has 0 bridgehead atoms. The molecule has 2 rings (SSSR count). The first-order valence-corrected chi connectivity index (χ1v) is 8.51. The van der Waals surface area contributed by atoms with E-state index < -0.39 is 0 Å². The van der Waals surface area contributed by atoms with Crippen LogP contribution in [-0.2, 0) is 0 Å². The summed E-state index contributed by atoms with van der Waals surface area (Å²) in [4.78, 5) is 5.05. The fourth-order valence-electron chi connectivity index (χ4n) is 4.22. The first-order valence-electron chi connectivity index (χ1n) is 8.51. The number of likely N-dealkylation sites (tertiary alicyclic amines) is 1. The third kappa shape index (κ3) is 4.46. The summed E-state index contributed by atoms with van der Waals surface area (Å²) in [5.74, 6) is 1.05. The topological polar surface area (TPSA) is 6.48 Å². The highest BCUT2D eigenvalue weighted by Crippen LogP contribution is 2.46. The van der Waals surface area contributed by atoms with E-state index in [1.807, 2.05) is 0 Å². The molecule has 0 atom stereocenters. The minimum absolute atomic E-state index is 0.725. The van der Waals surface area contributed by atoms with Crippen LogP contribution in [0.25, 0.3) is 0 Å². The SMILES string of the molecule is CCCC1CCC2(CC1)CCN(CCCN(C)C)C2. The van der Waals surface area contributed by atoms with Crippen molar-refractivity contribution in [1.29, 1.82) is 0 Å². The maximum atomic E-state index is 2.74. The molecule has 0 aromatic carbocycles. The van der Waals surface area contributed by atoms with Gasteiger partial charge in [-0.1, -0.05) is 19.8 Å². The van der Waals surface area contributed by atoms with E-state index >= 15 is 0 Å². The quantitative estimate of drug-likeness (QED) is 0.724. The zero-order valence-corrected chi connectivity index (χ0v) is 13.5. The molecule has 0 unspecified atom stereocenters. The maximum Gasteiger partial charge on any atom is 0.00385 e. The predicted molar refractivity (Wildman–Crippen MR) is 83.5 cm³/mol. The van der Waals surface area contributed by atoms with Crippen molar-refractivity contribution in [2.75, 3.05) is 40.3 Å². The highest BCUT2D eigenvalue weighted by atomic mass is 15.2. The smallest absolute Gasteiger partial charge is 0.00385 e. The third-order valence-corrected chi connectivity index (χ3v) is 5.46. The molecule has 2 nitrogen and oxygen atoms in total. The molecule has 0 amide bonds. The van der Waals surface area contributed by atoms with Gasteiger partial charge in [0.05, 0.1) is 0 Å². The molecule has 1 aliphatic carbocycles. The molecule has 0 radical (unpaired) electrons. The summed E-state index contributed by atoms with van der Waals surface area (Å²) in [5, 5.41) is 0. The van der Waals surface area contributed by atoms with Crippen molar-refractivity contribution in [2.24, 2.45) is 11.3 Å². The van der Waals surface area contributed by atoms with Crippen LogP contribution < -0.4 is 0 Å². The Morgan fingerprint density at radius 3 is 2.53 bits per heavy atom.